The predicted molar refractivity (Wildman–Crippen MR) is 56.4 cm³/mol. The van der Waals surface area contributed by atoms with Crippen LogP contribution in [-0.2, 0) is 15.5 Å². The number of hydrogen-bond acceptors (Lipinski definition) is 2. The van der Waals surface area contributed by atoms with Crippen molar-refractivity contribution in [2.24, 2.45) is 0 Å². The Balaban J connectivity index is 2.22. The van der Waals surface area contributed by atoms with Gasteiger partial charge in [0.1, 0.15) is 0 Å². The fourth-order valence-corrected chi connectivity index (χ4v) is 3.36. The standard InChI is InChI=1S/C10H20O2S/c1-3-4-5-8-13(11)10-6-7-12-9(10)2/h9-10H,3-8H2,1-2H3/t9-,10-,13+/m1/s1. The maximum atomic E-state index is 11.8. The summed E-state index contributed by atoms with van der Waals surface area (Å²) < 4.78 is 17.2. The Morgan fingerprint density at radius 3 is 2.77 bits per heavy atom. The molecule has 3 heteroatoms. The molecule has 1 aliphatic rings. The van der Waals surface area contributed by atoms with Crippen LogP contribution < -0.4 is 0 Å². The highest BCUT2D eigenvalue weighted by Gasteiger charge is 2.28. The van der Waals surface area contributed by atoms with Crippen molar-refractivity contribution in [1.29, 1.82) is 0 Å². The lowest BCUT2D eigenvalue weighted by atomic mass is 10.3. The van der Waals surface area contributed by atoms with E-state index in [0.717, 1.165) is 25.2 Å². The summed E-state index contributed by atoms with van der Waals surface area (Å²) in [5.41, 5.74) is 0. The Hall–Kier alpha value is 0.110. The maximum Gasteiger partial charge on any atom is 0.0691 e. The summed E-state index contributed by atoms with van der Waals surface area (Å²) in [5, 5.41) is 0.303. The van der Waals surface area contributed by atoms with Crippen LogP contribution in [0.4, 0.5) is 0 Å². The first-order valence-electron chi connectivity index (χ1n) is 5.24. The largest absolute Gasteiger partial charge is 0.377 e. The Bertz CT molecular complexity index is 170. The van der Waals surface area contributed by atoms with Crippen LogP contribution in [-0.4, -0.2) is 27.9 Å². The normalized spacial score (nSPS) is 30.6. The van der Waals surface area contributed by atoms with E-state index in [9.17, 15) is 4.21 Å². The van der Waals surface area contributed by atoms with Crippen molar-refractivity contribution in [1.82, 2.24) is 0 Å². The molecular weight excluding hydrogens is 184 g/mol. The van der Waals surface area contributed by atoms with Crippen molar-refractivity contribution in [3.8, 4) is 0 Å². The molecule has 3 atom stereocenters. The average molecular weight is 204 g/mol. The van der Waals surface area contributed by atoms with Crippen LogP contribution in [0.25, 0.3) is 0 Å². The zero-order valence-corrected chi connectivity index (χ0v) is 9.44. The summed E-state index contributed by atoms with van der Waals surface area (Å²) in [7, 11) is -0.652. The third kappa shape index (κ3) is 3.39. The van der Waals surface area contributed by atoms with Gasteiger partial charge >= 0.3 is 0 Å². The van der Waals surface area contributed by atoms with Gasteiger partial charge < -0.3 is 4.74 Å². The van der Waals surface area contributed by atoms with Crippen LogP contribution in [0.1, 0.15) is 39.5 Å². The quantitative estimate of drug-likeness (QED) is 0.641. The SMILES string of the molecule is CCCCC[S@](=O)[C@@H]1CCO[C@@H]1C. The number of unbranched alkanes of at least 4 members (excludes halogenated alkanes) is 2. The summed E-state index contributed by atoms with van der Waals surface area (Å²) in [5.74, 6) is 0.867. The molecule has 0 N–H and O–H groups in total. The zero-order chi connectivity index (χ0) is 9.68. The molecule has 0 spiro atoms. The smallest absolute Gasteiger partial charge is 0.0691 e. The highest BCUT2D eigenvalue weighted by atomic mass is 32.2. The summed E-state index contributed by atoms with van der Waals surface area (Å²) in [6.45, 7) is 5.00. The molecule has 0 aromatic heterocycles. The van der Waals surface area contributed by atoms with Crippen molar-refractivity contribution in [3.63, 3.8) is 0 Å². The van der Waals surface area contributed by atoms with Crippen LogP contribution in [0.5, 0.6) is 0 Å². The fourth-order valence-electron chi connectivity index (χ4n) is 1.70. The van der Waals surface area contributed by atoms with Crippen LogP contribution in [0.3, 0.4) is 0 Å². The molecule has 0 amide bonds. The van der Waals surface area contributed by atoms with Gasteiger partial charge in [0.25, 0.3) is 0 Å². The van der Waals surface area contributed by atoms with Crippen molar-refractivity contribution in [2.75, 3.05) is 12.4 Å². The van der Waals surface area contributed by atoms with Crippen molar-refractivity contribution < 1.29 is 8.95 Å². The van der Waals surface area contributed by atoms with Crippen molar-refractivity contribution in [2.45, 2.75) is 50.9 Å². The molecule has 1 heterocycles. The maximum absolute atomic E-state index is 11.8. The molecule has 0 radical (unpaired) electrons. The minimum atomic E-state index is -0.652. The summed E-state index contributed by atoms with van der Waals surface area (Å²) in [6.07, 6.45) is 4.70. The predicted octanol–water partition coefficient (Wildman–Crippen LogP) is 2.10. The van der Waals surface area contributed by atoms with Gasteiger partial charge in [-0.15, -0.1) is 0 Å². The zero-order valence-electron chi connectivity index (χ0n) is 8.62. The average Bonchev–Trinajstić information content (AvgIpc) is 2.52. The van der Waals surface area contributed by atoms with Gasteiger partial charge in [-0.3, -0.25) is 4.21 Å². The van der Waals surface area contributed by atoms with E-state index in [1.165, 1.54) is 12.8 Å². The second-order valence-corrected chi connectivity index (χ2v) is 5.47. The lowest BCUT2D eigenvalue weighted by Gasteiger charge is -2.13. The van der Waals surface area contributed by atoms with Crippen LogP contribution >= 0.6 is 0 Å². The summed E-state index contributed by atoms with van der Waals surface area (Å²) in [4.78, 5) is 0. The topological polar surface area (TPSA) is 26.3 Å². The van der Waals surface area contributed by atoms with E-state index in [1.54, 1.807) is 0 Å². The molecule has 1 rings (SSSR count). The molecule has 1 saturated heterocycles. The van der Waals surface area contributed by atoms with Gasteiger partial charge in [0.15, 0.2) is 0 Å². The first kappa shape index (κ1) is 11.2. The first-order chi connectivity index (χ1) is 6.25. The molecule has 78 valence electrons. The van der Waals surface area contributed by atoms with Crippen LogP contribution in [0, 0.1) is 0 Å². The molecule has 0 bridgehead atoms. The lowest BCUT2D eigenvalue weighted by molar-refractivity contribution is 0.127. The first-order valence-corrected chi connectivity index (χ1v) is 6.62. The highest BCUT2D eigenvalue weighted by molar-refractivity contribution is 7.85. The molecule has 1 aliphatic heterocycles. The van der Waals surface area contributed by atoms with Gasteiger partial charge in [-0.1, -0.05) is 19.8 Å². The molecule has 0 unspecified atom stereocenters. The van der Waals surface area contributed by atoms with E-state index >= 15 is 0 Å². The van der Waals surface area contributed by atoms with E-state index in [1.807, 2.05) is 6.92 Å². The van der Waals surface area contributed by atoms with Crippen LogP contribution in [0.2, 0.25) is 0 Å². The summed E-state index contributed by atoms with van der Waals surface area (Å²) in [6, 6.07) is 0. The monoisotopic (exact) mass is 204 g/mol. The molecular formula is C10H20O2S. The van der Waals surface area contributed by atoms with E-state index < -0.39 is 10.8 Å². The van der Waals surface area contributed by atoms with E-state index in [2.05, 4.69) is 6.92 Å². The highest BCUT2D eigenvalue weighted by Crippen LogP contribution is 2.19. The molecule has 13 heavy (non-hydrogen) atoms. The van der Waals surface area contributed by atoms with Gasteiger partial charge in [-0.2, -0.15) is 0 Å². The Kier molecular flexibility index (Phi) is 4.96. The molecule has 2 nitrogen and oxygen atoms in total. The van der Waals surface area contributed by atoms with Gasteiger partial charge in [0.05, 0.1) is 11.4 Å². The van der Waals surface area contributed by atoms with E-state index in [0.29, 0.717) is 5.25 Å². The lowest BCUT2D eigenvalue weighted by Crippen LogP contribution is -2.24. The van der Waals surface area contributed by atoms with E-state index in [-0.39, 0.29) is 6.10 Å². The van der Waals surface area contributed by atoms with Crippen LogP contribution in [0.15, 0.2) is 0 Å². The Morgan fingerprint density at radius 1 is 1.46 bits per heavy atom. The fraction of sp³-hybridized carbons (Fsp3) is 1.00. The molecule has 0 aromatic rings. The summed E-state index contributed by atoms with van der Waals surface area (Å²) >= 11 is 0. The van der Waals surface area contributed by atoms with Gasteiger partial charge in [0, 0.05) is 23.2 Å². The number of hydrogen-bond donors (Lipinski definition) is 0. The molecule has 0 aliphatic carbocycles. The van der Waals surface area contributed by atoms with Gasteiger partial charge in [0.2, 0.25) is 0 Å². The molecule has 1 fully saturated rings. The third-order valence-corrected chi connectivity index (χ3v) is 4.58. The molecule has 0 saturated carbocycles. The molecule has 0 aromatic carbocycles. The van der Waals surface area contributed by atoms with Crippen molar-refractivity contribution in [3.05, 3.63) is 0 Å². The minimum Gasteiger partial charge on any atom is -0.377 e. The number of ether oxygens (including phenoxy) is 1. The second kappa shape index (κ2) is 5.76. The Morgan fingerprint density at radius 2 is 2.23 bits per heavy atom. The van der Waals surface area contributed by atoms with E-state index in [4.69, 9.17) is 4.74 Å². The number of rotatable bonds is 5. The third-order valence-electron chi connectivity index (χ3n) is 2.59. The Labute approximate surface area is 83.5 Å². The van der Waals surface area contributed by atoms with Gasteiger partial charge in [-0.05, 0) is 19.8 Å². The minimum absolute atomic E-state index is 0.211. The van der Waals surface area contributed by atoms with Gasteiger partial charge in [-0.25, -0.2) is 0 Å². The second-order valence-electron chi connectivity index (χ2n) is 3.70. The van der Waals surface area contributed by atoms with Crippen molar-refractivity contribution >= 4 is 10.8 Å².